The summed E-state index contributed by atoms with van der Waals surface area (Å²) in [5.74, 6) is -0.347. The zero-order valence-electron chi connectivity index (χ0n) is 11.1. The molecule has 0 spiro atoms. The number of hydrogen-bond donors (Lipinski definition) is 1. The molecule has 1 unspecified atom stereocenters. The average Bonchev–Trinajstić information content (AvgIpc) is 2.70. The van der Waals surface area contributed by atoms with Crippen LogP contribution in [0.1, 0.15) is 29.5 Å². The third kappa shape index (κ3) is 3.10. The van der Waals surface area contributed by atoms with Gasteiger partial charge in [-0.25, -0.2) is 0 Å². The molecule has 1 heterocycles. The molecule has 1 aromatic rings. The predicted molar refractivity (Wildman–Crippen MR) is 71.6 cm³/mol. The monoisotopic (exact) mass is 247 g/mol. The molecule has 1 atom stereocenters. The van der Waals surface area contributed by atoms with Crippen molar-refractivity contribution in [3.8, 4) is 0 Å². The summed E-state index contributed by atoms with van der Waals surface area (Å²) in [5, 5.41) is 8.82. The Kier molecular flexibility index (Phi) is 4.02. The highest BCUT2D eigenvalue weighted by Gasteiger charge is 2.24. The summed E-state index contributed by atoms with van der Waals surface area (Å²) in [6, 6.07) is 6.38. The lowest BCUT2D eigenvalue weighted by Crippen LogP contribution is -2.21. The summed E-state index contributed by atoms with van der Waals surface area (Å²) in [5.41, 5.74) is 4.06. The van der Waals surface area contributed by atoms with Crippen molar-refractivity contribution in [2.75, 3.05) is 13.1 Å². The Hall–Kier alpha value is -1.35. The highest BCUT2D eigenvalue weighted by atomic mass is 16.4. The van der Waals surface area contributed by atoms with Crippen LogP contribution < -0.4 is 0 Å². The van der Waals surface area contributed by atoms with Gasteiger partial charge in [-0.3, -0.25) is 9.69 Å². The highest BCUT2D eigenvalue weighted by Crippen LogP contribution is 2.23. The van der Waals surface area contributed by atoms with Crippen molar-refractivity contribution < 1.29 is 9.90 Å². The van der Waals surface area contributed by atoms with E-state index in [1.165, 1.54) is 16.7 Å². The Balaban J connectivity index is 1.97. The highest BCUT2D eigenvalue weighted by molar-refractivity contribution is 5.67. The first-order valence-electron chi connectivity index (χ1n) is 6.55. The van der Waals surface area contributed by atoms with Crippen molar-refractivity contribution in [3.63, 3.8) is 0 Å². The van der Waals surface area contributed by atoms with Gasteiger partial charge in [-0.1, -0.05) is 18.2 Å². The Morgan fingerprint density at radius 3 is 2.67 bits per heavy atom. The standard InChI is InChI=1S/C15H21NO2/c1-11-4-3-5-12(2)14(11)10-16-7-6-13(9-16)8-15(17)18/h3-5,13H,6-10H2,1-2H3,(H,17,18). The van der Waals surface area contributed by atoms with E-state index in [9.17, 15) is 4.79 Å². The third-order valence-electron chi connectivity index (χ3n) is 3.86. The topological polar surface area (TPSA) is 40.5 Å². The van der Waals surface area contributed by atoms with Gasteiger partial charge >= 0.3 is 5.97 Å². The van der Waals surface area contributed by atoms with E-state index >= 15 is 0 Å². The van der Waals surface area contributed by atoms with Crippen molar-refractivity contribution in [1.29, 1.82) is 0 Å². The molecule has 1 saturated heterocycles. The van der Waals surface area contributed by atoms with Crippen LogP contribution in [0.3, 0.4) is 0 Å². The minimum Gasteiger partial charge on any atom is -0.481 e. The summed E-state index contributed by atoms with van der Waals surface area (Å²) < 4.78 is 0. The first-order valence-corrected chi connectivity index (χ1v) is 6.55. The molecule has 0 radical (unpaired) electrons. The maximum atomic E-state index is 10.7. The van der Waals surface area contributed by atoms with Gasteiger partial charge in [-0.05, 0) is 49.4 Å². The van der Waals surface area contributed by atoms with E-state index < -0.39 is 5.97 Å². The first kappa shape index (κ1) is 13.1. The second-order valence-electron chi connectivity index (χ2n) is 5.36. The van der Waals surface area contributed by atoms with Gasteiger partial charge in [0.2, 0.25) is 0 Å². The number of aryl methyl sites for hydroxylation is 2. The molecule has 1 aliphatic rings. The fourth-order valence-corrected chi connectivity index (χ4v) is 2.79. The van der Waals surface area contributed by atoms with Gasteiger partial charge in [-0.2, -0.15) is 0 Å². The van der Waals surface area contributed by atoms with Gasteiger partial charge < -0.3 is 5.11 Å². The molecule has 0 amide bonds. The number of carbonyl (C=O) groups is 1. The van der Waals surface area contributed by atoms with E-state index in [1.54, 1.807) is 0 Å². The molecule has 0 bridgehead atoms. The lowest BCUT2D eigenvalue weighted by Gasteiger charge is -2.19. The summed E-state index contributed by atoms with van der Waals surface area (Å²) in [6.45, 7) is 7.18. The smallest absolute Gasteiger partial charge is 0.303 e. The summed E-state index contributed by atoms with van der Waals surface area (Å²) in [6.07, 6.45) is 1.32. The zero-order chi connectivity index (χ0) is 13.1. The first-order chi connectivity index (χ1) is 8.56. The second-order valence-corrected chi connectivity index (χ2v) is 5.36. The van der Waals surface area contributed by atoms with Crippen LogP contribution in [0.15, 0.2) is 18.2 Å². The van der Waals surface area contributed by atoms with Crippen LogP contribution in [0.25, 0.3) is 0 Å². The molecule has 0 saturated carbocycles. The summed E-state index contributed by atoms with van der Waals surface area (Å²) >= 11 is 0. The van der Waals surface area contributed by atoms with E-state index in [1.807, 2.05) is 0 Å². The Labute approximate surface area is 108 Å². The van der Waals surface area contributed by atoms with Gasteiger partial charge in [-0.15, -0.1) is 0 Å². The molecular weight excluding hydrogens is 226 g/mol. The van der Waals surface area contributed by atoms with Gasteiger partial charge in [0, 0.05) is 19.5 Å². The minimum atomic E-state index is -0.672. The molecule has 18 heavy (non-hydrogen) atoms. The molecular formula is C15H21NO2. The second kappa shape index (κ2) is 5.53. The van der Waals surface area contributed by atoms with E-state index in [0.717, 1.165) is 26.1 Å². The number of rotatable bonds is 4. The Morgan fingerprint density at radius 2 is 2.06 bits per heavy atom. The van der Waals surface area contributed by atoms with Gasteiger partial charge in [0.1, 0.15) is 0 Å². The van der Waals surface area contributed by atoms with E-state index in [4.69, 9.17) is 5.11 Å². The van der Waals surface area contributed by atoms with Crippen LogP contribution in [-0.4, -0.2) is 29.1 Å². The van der Waals surface area contributed by atoms with Crippen molar-refractivity contribution in [3.05, 3.63) is 34.9 Å². The van der Waals surface area contributed by atoms with Gasteiger partial charge in [0.05, 0.1) is 0 Å². The normalized spacial score (nSPS) is 20.2. The van der Waals surface area contributed by atoms with Crippen LogP contribution >= 0.6 is 0 Å². The van der Waals surface area contributed by atoms with Crippen molar-refractivity contribution >= 4 is 5.97 Å². The number of carboxylic acids is 1. The largest absolute Gasteiger partial charge is 0.481 e. The van der Waals surface area contributed by atoms with Crippen molar-refractivity contribution in [1.82, 2.24) is 4.90 Å². The minimum absolute atomic E-state index is 0.309. The molecule has 3 nitrogen and oxygen atoms in total. The van der Waals surface area contributed by atoms with Crippen LogP contribution in [0.2, 0.25) is 0 Å². The molecule has 1 fully saturated rings. The molecule has 3 heteroatoms. The zero-order valence-corrected chi connectivity index (χ0v) is 11.1. The lowest BCUT2D eigenvalue weighted by atomic mass is 10.0. The number of benzene rings is 1. The van der Waals surface area contributed by atoms with Gasteiger partial charge in [0.25, 0.3) is 0 Å². The molecule has 1 aromatic carbocycles. The van der Waals surface area contributed by atoms with E-state index in [-0.39, 0.29) is 0 Å². The van der Waals surface area contributed by atoms with Crippen LogP contribution in [-0.2, 0) is 11.3 Å². The maximum absolute atomic E-state index is 10.7. The Morgan fingerprint density at radius 1 is 1.39 bits per heavy atom. The molecule has 2 rings (SSSR count). The van der Waals surface area contributed by atoms with Crippen LogP contribution in [0.4, 0.5) is 0 Å². The fraction of sp³-hybridized carbons (Fsp3) is 0.533. The van der Waals surface area contributed by atoms with Crippen LogP contribution in [0.5, 0.6) is 0 Å². The van der Waals surface area contributed by atoms with Gasteiger partial charge in [0.15, 0.2) is 0 Å². The van der Waals surface area contributed by atoms with E-state index in [0.29, 0.717) is 12.3 Å². The summed E-state index contributed by atoms with van der Waals surface area (Å²) in [4.78, 5) is 13.1. The molecule has 0 aliphatic carbocycles. The van der Waals surface area contributed by atoms with Crippen molar-refractivity contribution in [2.24, 2.45) is 5.92 Å². The molecule has 1 N–H and O–H groups in total. The predicted octanol–water partition coefficient (Wildman–Crippen LogP) is 2.60. The quantitative estimate of drug-likeness (QED) is 0.889. The number of carboxylic acid groups (broad SMARTS) is 1. The van der Waals surface area contributed by atoms with Crippen LogP contribution in [0, 0.1) is 19.8 Å². The molecule has 98 valence electrons. The average molecular weight is 247 g/mol. The van der Waals surface area contributed by atoms with E-state index in [2.05, 4.69) is 36.9 Å². The number of aliphatic carboxylic acids is 1. The number of nitrogens with zero attached hydrogens (tertiary/aromatic N) is 1. The Bertz CT molecular complexity index is 422. The molecule has 1 aliphatic heterocycles. The number of hydrogen-bond acceptors (Lipinski definition) is 2. The SMILES string of the molecule is Cc1cccc(C)c1CN1CCC(CC(=O)O)C1. The lowest BCUT2D eigenvalue weighted by molar-refractivity contribution is -0.138. The maximum Gasteiger partial charge on any atom is 0.303 e. The molecule has 0 aromatic heterocycles. The third-order valence-corrected chi connectivity index (χ3v) is 3.86. The number of likely N-dealkylation sites (tertiary alicyclic amines) is 1. The fourth-order valence-electron chi connectivity index (χ4n) is 2.79. The van der Waals surface area contributed by atoms with Crippen molar-refractivity contribution in [2.45, 2.75) is 33.2 Å². The summed E-state index contributed by atoms with van der Waals surface area (Å²) in [7, 11) is 0.